The number of aryl methyl sites for hydroxylation is 1. The summed E-state index contributed by atoms with van der Waals surface area (Å²) in [7, 11) is 1.43. The van der Waals surface area contributed by atoms with E-state index in [2.05, 4.69) is 15.3 Å². The van der Waals surface area contributed by atoms with Gasteiger partial charge < -0.3 is 20.1 Å². The van der Waals surface area contributed by atoms with Gasteiger partial charge in [0.2, 0.25) is 0 Å². The summed E-state index contributed by atoms with van der Waals surface area (Å²) in [5, 5.41) is 21.5. The lowest BCUT2D eigenvalue weighted by molar-refractivity contribution is -0.135. The van der Waals surface area contributed by atoms with Gasteiger partial charge in [0.05, 0.1) is 17.4 Å². The maximum absolute atomic E-state index is 12.4. The Balaban J connectivity index is 2.19. The second kappa shape index (κ2) is 6.63. The molecule has 0 saturated carbocycles. The van der Waals surface area contributed by atoms with Crippen LogP contribution >= 0.6 is 0 Å². The first-order chi connectivity index (χ1) is 12.4. The van der Waals surface area contributed by atoms with E-state index in [1.54, 1.807) is 24.5 Å². The Morgan fingerprint density at radius 2 is 2.08 bits per heavy atom. The predicted molar refractivity (Wildman–Crippen MR) is 91.8 cm³/mol. The topological polar surface area (TPSA) is 134 Å². The van der Waals surface area contributed by atoms with Crippen molar-refractivity contribution in [2.45, 2.75) is 0 Å². The number of hydrogen-bond donors (Lipinski definition) is 3. The van der Waals surface area contributed by atoms with Gasteiger partial charge in [0, 0.05) is 30.4 Å². The number of nitrogens with one attached hydrogen (secondary N) is 1. The number of nitrogens with zero attached hydrogens (tertiary/aromatic N) is 3. The summed E-state index contributed by atoms with van der Waals surface area (Å²) in [5.74, 6) is -2.76. The monoisotopic (exact) mass is 354 g/mol. The minimum atomic E-state index is -1.27. The normalized spacial score (nSPS) is 10.7. The third-order valence-corrected chi connectivity index (χ3v) is 3.84. The molecule has 3 rings (SSSR count). The Morgan fingerprint density at radius 1 is 1.31 bits per heavy atom. The first-order valence-corrected chi connectivity index (χ1v) is 7.52. The van der Waals surface area contributed by atoms with Crippen LogP contribution in [0.25, 0.3) is 22.2 Å². The summed E-state index contributed by atoms with van der Waals surface area (Å²) in [5.41, 5.74) is 0.240. The largest absolute Gasteiger partial charge is 0.506 e. The van der Waals surface area contributed by atoms with Crippen molar-refractivity contribution in [1.82, 2.24) is 19.9 Å². The molecule has 0 bridgehead atoms. The lowest BCUT2D eigenvalue weighted by Gasteiger charge is -2.12. The lowest BCUT2D eigenvalue weighted by Crippen LogP contribution is -2.35. The number of carboxylic acid groups (broad SMARTS) is 1. The van der Waals surface area contributed by atoms with Gasteiger partial charge in [-0.05, 0) is 18.2 Å². The van der Waals surface area contributed by atoms with Gasteiger partial charge in [-0.2, -0.15) is 0 Å². The molecule has 3 heterocycles. The lowest BCUT2D eigenvalue weighted by atomic mass is 10.1. The second-order valence-electron chi connectivity index (χ2n) is 5.49. The molecule has 0 aromatic carbocycles. The van der Waals surface area contributed by atoms with Gasteiger partial charge in [-0.3, -0.25) is 24.4 Å². The van der Waals surface area contributed by atoms with Crippen molar-refractivity contribution in [2.75, 3.05) is 6.54 Å². The molecule has 0 atom stereocenters. The Labute approximate surface area is 146 Å². The van der Waals surface area contributed by atoms with Gasteiger partial charge >= 0.3 is 5.97 Å². The van der Waals surface area contributed by atoms with Crippen molar-refractivity contribution in [3.8, 4) is 17.0 Å². The van der Waals surface area contributed by atoms with Crippen LogP contribution in [0.1, 0.15) is 10.4 Å². The number of hydrogen-bond acceptors (Lipinski definition) is 6. The fraction of sp³-hybridized carbons (Fsp3) is 0.118. The Hall–Kier alpha value is -3.75. The molecular weight excluding hydrogens is 340 g/mol. The molecule has 3 N–H and O–H groups in total. The van der Waals surface area contributed by atoms with Crippen LogP contribution in [0.4, 0.5) is 0 Å². The van der Waals surface area contributed by atoms with Gasteiger partial charge in [0.15, 0.2) is 0 Å². The van der Waals surface area contributed by atoms with Gasteiger partial charge in [-0.25, -0.2) is 0 Å². The van der Waals surface area contributed by atoms with Crippen molar-refractivity contribution in [2.24, 2.45) is 7.05 Å². The number of carbonyl (C=O) groups excluding carboxylic acids is 1. The van der Waals surface area contributed by atoms with Crippen LogP contribution in [0.2, 0.25) is 0 Å². The van der Waals surface area contributed by atoms with Crippen molar-refractivity contribution in [1.29, 1.82) is 0 Å². The number of carboxylic acids is 1. The zero-order valence-electron chi connectivity index (χ0n) is 13.6. The van der Waals surface area contributed by atoms with Crippen LogP contribution in [0.15, 0.2) is 41.6 Å². The maximum atomic E-state index is 12.4. The molecule has 3 aromatic heterocycles. The van der Waals surface area contributed by atoms with E-state index in [1.807, 2.05) is 0 Å². The van der Waals surface area contributed by atoms with Gasteiger partial charge in [0.1, 0.15) is 17.9 Å². The van der Waals surface area contributed by atoms with E-state index in [1.165, 1.54) is 23.9 Å². The molecule has 0 fully saturated rings. The highest BCUT2D eigenvalue weighted by atomic mass is 16.4. The molecule has 9 nitrogen and oxygen atoms in total. The van der Waals surface area contributed by atoms with Crippen LogP contribution < -0.4 is 10.9 Å². The molecule has 0 aliphatic heterocycles. The molecule has 0 spiro atoms. The Bertz CT molecular complexity index is 1080. The molecule has 26 heavy (non-hydrogen) atoms. The summed E-state index contributed by atoms with van der Waals surface area (Å²) in [6.07, 6.45) is 4.61. The first-order valence-electron chi connectivity index (χ1n) is 7.52. The number of amides is 1. The van der Waals surface area contributed by atoms with Crippen LogP contribution in [0, 0.1) is 0 Å². The molecule has 0 saturated heterocycles. The van der Waals surface area contributed by atoms with Crippen LogP contribution in [0.5, 0.6) is 5.75 Å². The zero-order valence-corrected chi connectivity index (χ0v) is 13.6. The molecule has 3 aromatic rings. The van der Waals surface area contributed by atoms with E-state index >= 15 is 0 Å². The fourth-order valence-corrected chi connectivity index (χ4v) is 2.54. The molecule has 0 unspecified atom stereocenters. The van der Waals surface area contributed by atoms with Crippen molar-refractivity contribution < 1.29 is 19.8 Å². The summed E-state index contributed by atoms with van der Waals surface area (Å²) in [6.45, 7) is -0.670. The number of aromatic nitrogens is 3. The van der Waals surface area contributed by atoms with Gasteiger partial charge in [-0.15, -0.1) is 0 Å². The average Bonchev–Trinajstić information content (AvgIpc) is 2.65. The smallest absolute Gasteiger partial charge is 0.322 e. The van der Waals surface area contributed by atoms with Crippen molar-refractivity contribution in [3.05, 3.63) is 52.7 Å². The number of aromatic hydroxyl groups is 1. The summed E-state index contributed by atoms with van der Waals surface area (Å²) >= 11 is 0. The number of carbonyl (C=O) groups is 2. The van der Waals surface area contributed by atoms with Crippen LogP contribution in [-0.4, -0.2) is 43.2 Å². The molecule has 132 valence electrons. The minimum absolute atomic E-state index is 0.237. The SMILES string of the molecule is Cn1c(=O)c(C(=O)NCC(=O)O)c(O)c2cc(-c3cccnc3)ncc21. The first kappa shape index (κ1) is 17.1. The second-order valence-corrected chi connectivity index (χ2v) is 5.49. The van der Waals surface area contributed by atoms with Crippen molar-refractivity contribution in [3.63, 3.8) is 0 Å². The van der Waals surface area contributed by atoms with Gasteiger partial charge in [-0.1, -0.05) is 0 Å². The van der Waals surface area contributed by atoms with E-state index in [0.717, 1.165) is 0 Å². The average molecular weight is 354 g/mol. The van der Waals surface area contributed by atoms with Crippen molar-refractivity contribution >= 4 is 22.8 Å². The highest BCUT2D eigenvalue weighted by molar-refractivity contribution is 6.03. The van der Waals surface area contributed by atoms with E-state index in [4.69, 9.17) is 5.11 Å². The van der Waals surface area contributed by atoms with Crippen LogP contribution in [0.3, 0.4) is 0 Å². The Morgan fingerprint density at radius 3 is 2.73 bits per heavy atom. The molecular formula is C17H14N4O5. The summed E-state index contributed by atoms with van der Waals surface area (Å²) in [6, 6.07) is 5.04. The standard InChI is InChI=1S/C17H14N4O5/c1-21-12-7-19-11(9-3-2-4-18-6-9)5-10(12)15(24)14(17(21)26)16(25)20-8-13(22)23/h2-7,24H,8H2,1H3,(H,20,25)(H,22,23). The maximum Gasteiger partial charge on any atom is 0.322 e. The third-order valence-electron chi connectivity index (χ3n) is 3.84. The number of aliphatic carboxylic acids is 1. The highest BCUT2D eigenvalue weighted by Crippen LogP contribution is 2.29. The predicted octanol–water partition coefficient (Wildman–Crippen LogP) is 0.515. The van der Waals surface area contributed by atoms with E-state index in [0.29, 0.717) is 16.8 Å². The molecule has 0 aliphatic carbocycles. The minimum Gasteiger partial charge on any atom is -0.506 e. The quantitative estimate of drug-likeness (QED) is 0.621. The molecule has 9 heteroatoms. The number of rotatable bonds is 4. The highest BCUT2D eigenvalue weighted by Gasteiger charge is 2.22. The fourth-order valence-electron chi connectivity index (χ4n) is 2.54. The van der Waals surface area contributed by atoms with E-state index < -0.39 is 35.3 Å². The third kappa shape index (κ3) is 2.97. The van der Waals surface area contributed by atoms with E-state index in [-0.39, 0.29) is 5.39 Å². The number of fused-ring (bicyclic) bond motifs is 1. The summed E-state index contributed by atoms with van der Waals surface area (Å²) in [4.78, 5) is 43.5. The van der Waals surface area contributed by atoms with Crippen LogP contribution in [-0.2, 0) is 11.8 Å². The van der Waals surface area contributed by atoms with Gasteiger partial charge in [0.25, 0.3) is 11.5 Å². The van der Waals surface area contributed by atoms with E-state index in [9.17, 15) is 19.5 Å². The molecule has 0 aliphatic rings. The molecule has 1 amide bonds. The molecule has 0 radical (unpaired) electrons. The zero-order chi connectivity index (χ0) is 18.8. The Kier molecular flexibility index (Phi) is 4.36. The number of pyridine rings is 3. The summed E-state index contributed by atoms with van der Waals surface area (Å²) < 4.78 is 1.17.